The van der Waals surface area contributed by atoms with E-state index in [2.05, 4.69) is 22.4 Å². The number of nitrogens with one attached hydrogen (secondary N) is 1. The number of amides is 1. The van der Waals surface area contributed by atoms with Gasteiger partial charge in [-0.25, -0.2) is 4.98 Å². The summed E-state index contributed by atoms with van der Waals surface area (Å²) in [6.45, 7) is 2.02. The second-order valence-corrected chi connectivity index (χ2v) is 9.77. The average Bonchev–Trinajstić information content (AvgIpc) is 3.37. The molecule has 0 saturated heterocycles. The predicted octanol–water partition coefficient (Wildman–Crippen LogP) is 4.69. The van der Waals surface area contributed by atoms with E-state index in [1.54, 1.807) is 11.3 Å². The molecule has 1 aliphatic carbocycles. The van der Waals surface area contributed by atoms with E-state index in [9.17, 15) is 9.59 Å². The number of hydrogen-bond acceptors (Lipinski definition) is 5. The molecule has 1 amide bonds. The molecule has 0 bridgehead atoms. The van der Waals surface area contributed by atoms with Crippen molar-refractivity contribution in [3.63, 3.8) is 0 Å². The summed E-state index contributed by atoms with van der Waals surface area (Å²) in [5, 5.41) is 5.70. The Labute approximate surface area is 182 Å². The third-order valence-electron chi connectivity index (χ3n) is 5.59. The fourth-order valence-corrected chi connectivity index (χ4v) is 6.00. The van der Waals surface area contributed by atoms with Crippen molar-refractivity contribution in [3.05, 3.63) is 74.5 Å². The third kappa shape index (κ3) is 3.48. The molecule has 0 fully saturated rings. The van der Waals surface area contributed by atoms with Gasteiger partial charge in [-0.2, -0.15) is 0 Å². The van der Waals surface area contributed by atoms with Crippen molar-refractivity contribution in [3.8, 4) is 10.4 Å². The Hall–Kier alpha value is -2.77. The van der Waals surface area contributed by atoms with Crippen LogP contribution >= 0.6 is 22.7 Å². The number of fused-ring (bicyclic) bond motifs is 2. The standard InChI is InChI=1S/C23H21N3O2S2/c1-14-9-10-19(30-14)17-12-29-22-21(17)23(28)26(13-24-22)11-20(27)25-18-8-4-6-15-5-2-3-7-16(15)18/h2-3,5,7,9-10,12-13,18H,4,6,8,11H2,1H3,(H,25,27)/t18-/m0/s1. The normalized spacial score (nSPS) is 15.8. The fourth-order valence-electron chi connectivity index (χ4n) is 4.14. The lowest BCUT2D eigenvalue weighted by atomic mass is 9.88. The number of rotatable bonds is 4. The van der Waals surface area contributed by atoms with Gasteiger partial charge in [0.25, 0.3) is 5.56 Å². The number of aromatic nitrogens is 2. The van der Waals surface area contributed by atoms with Crippen LogP contribution in [0.5, 0.6) is 0 Å². The molecule has 152 valence electrons. The van der Waals surface area contributed by atoms with Gasteiger partial charge >= 0.3 is 0 Å². The summed E-state index contributed by atoms with van der Waals surface area (Å²) in [4.78, 5) is 33.3. The van der Waals surface area contributed by atoms with Crippen LogP contribution in [0.2, 0.25) is 0 Å². The van der Waals surface area contributed by atoms with Crippen LogP contribution in [-0.2, 0) is 17.8 Å². The second-order valence-electron chi connectivity index (χ2n) is 7.63. The van der Waals surface area contributed by atoms with Gasteiger partial charge in [-0.15, -0.1) is 22.7 Å². The van der Waals surface area contributed by atoms with Crippen molar-refractivity contribution in [1.82, 2.24) is 14.9 Å². The quantitative estimate of drug-likeness (QED) is 0.506. The first-order valence-electron chi connectivity index (χ1n) is 10.0. The van der Waals surface area contributed by atoms with Crippen LogP contribution in [-0.4, -0.2) is 15.5 Å². The molecule has 30 heavy (non-hydrogen) atoms. The smallest absolute Gasteiger partial charge is 0.263 e. The van der Waals surface area contributed by atoms with Gasteiger partial charge in [0.2, 0.25) is 5.91 Å². The zero-order chi connectivity index (χ0) is 20.7. The van der Waals surface area contributed by atoms with E-state index in [1.165, 1.54) is 38.2 Å². The topological polar surface area (TPSA) is 64.0 Å². The predicted molar refractivity (Wildman–Crippen MR) is 122 cm³/mol. The molecule has 3 aromatic heterocycles. The second kappa shape index (κ2) is 7.81. The van der Waals surface area contributed by atoms with Crippen LogP contribution in [0.4, 0.5) is 0 Å². The Morgan fingerprint density at radius 1 is 1.27 bits per heavy atom. The number of nitrogens with zero attached hydrogens (tertiary/aromatic N) is 2. The molecule has 1 N–H and O–H groups in total. The van der Waals surface area contributed by atoms with E-state index in [1.807, 2.05) is 36.6 Å². The van der Waals surface area contributed by atoms with E-state index in [0.717, 1.165) is 29.7 Å². The van der Waals surface area contributed by atoms with Crippen LogP contribution in [0.15, 0.2) is 52.9 Å². The summed E-state index contributed by atoms with van der Waals surface area (Å²) >= 11 is 3.12. The van der Waals surface area contributed by atoms with Gasteiger partial charge in [0.15, 0.2) is 0 Å². The average molecular weight is 436 g/mol. The molecule has 0 radical (unpaired) electrons. The van der Waals surface area contributed by atoms with Gasteiger partial charge in [-0.3, -0.25) is 14.2 Å². The Balaban J connectivity index is 1.41. The highest BCUT2D eigenvalue weighted by Gasteiger charge is 2.22. The zero-order valence-electron chi connectivity index (χ0n) is 16.6. The Morgan fingerprint density at radius 3 is 2.97 bits per heavy atom. The van der Waals surface area contributed by atoms with Crippen molar-refractivity contribution in [2.24, 2.45) is 0 Å². The lowest BCUT2D eigenvalue weighted by molar-refractivity contribution is -0.122. The lowest BCUT2D eigenvalue weighted by Gasteiger charge is -2.26. The number of aryl methyl sites for hydroxylation is 2. The van der Waals surface area contributed by atoms with E-state index < -0.39 is 0 Å². The van der Waals surface area contributed by atoms with Crippen LogP contribution in [0, 0.1) is 6.92 Å². The molecule has 0 saturated carbocycles. The summed E-state index contributed by atoms with van der Waals surface area (Å²) in [7, 11) is 0. The van der Waals surface area contributed by atoms with Crippen molar-refractivity contribution in [1.29, 1.82) is 0 Å². The Morgan fingerprint density at radius 2 is 2.13 bits per heavy atom. The van der Waals surface area contributed by atoms with Gasteiger partial charge in [0.1, 0.15) is 11.4 Å². The van der Waals surface area contributed by atoms with Crippen LogP contribution in [0.3, 0.4) is 0 Å². The molecule has 1 aliphatic rings. The molecule has 1 aromatic carbocycles. The summed E-state index contributed by atoms with van der Waals surface area (Å²) in [5.74, 6) is -0.163. The number of hydrogen-bond donors (Lipinski definition) is 1. The molecule has 0 unspecified atom stereocenters. The van der Waals surface area contributed by atoms with Gasteiger partial charge in [0.05, 0.1) is 17.8 Å². The fraction of sp³-hybridized carbons (Fsp3) is 0.261. The maximum atomic E-state index is 13.2. The summed E-state index contributed by atoms with van der Waals surface area (Å²) in [6, 6.07) is 12.3. The molecule has 1 atom stereocenters. The SMILES string of the molecule is Cc1ccc(-c2csc3ncn(CC(=O)N[C@H]4CCCc5ccccc54)c(=O)c23)s1. The number of carbonyl (C=O) groups is 1. The minimum Gasteiger partial charge on any atom is -0.348 e. The molecule has 7 heteroatoms. The monoisotopic (exact) mass is 435 g/mol. The molecule has 3 heterocycles. The third-order valence-corrected chi connectivity index (χ3v) is 7.51. The van der Waals surface area contributed by atoms with Crippen LogP contribution in [0.1, 0.15) is 34.9 Å². The highest BCUT2D eigenvalue weighted by molar-refractivity contribution is 7.19. The maximum absolute atomic E-state index is 13.2. The first-order valence-corrected chi connectivity index (χ1v) is 11.7. The largest absolute Gasteiger partial charge is 0.348 e. The van der Waals surface area contributed by atoms with E-state index in [-0.39, 0.29) is 24.1 Å². The van der Waals surface area contributed by atoms with E-state index in [4.69, 9.17) is 0 Å². The van der Waals surface area contributed by atoms with Crippen molar-refractivity contribution >= 4 is 38.8 Å². The Bertz CT molecular complexity index is 1300. The van der Waals surface area contributed by atoms with Crippen molar-refractivity contribution < 1.29 is 4.79 Å². The lowest BCUT2D eigenvalue weighted by Crippen LogP contribution is -2.36. The van der Waals surface area contributed by atoms with Crippen molar-refractivity contribution in [2.45, 2.75) is 38.8 Å². The molecular formula is C23H21N3O2S2. The number of benzene rings is 1. The van der Waals surface area contributed by atoms with E-state index >= 15 is 0 Å². The van der Waals surface area contributed by atoms with Gasteiger partial charge in [0, 0.05) is 20.7 Å². The molecule has 4 aromatic rings. The maximum Gasteiger partial charge on any atom is 0.263 e. The van der Waals surface area contributed by atoms with Crippen LogP contribution < -0.4 is 10.9 Å². The summed E-state index contributed by atoms with van der Waals surface area (Å²) < 4.78 is 1.42. The zero-order valence-corrected chi connectivity index (χ0v) is 18.2. The van der Waals surface area contributed by atoms with Gasteiger partial charge in [-0.05, 0) is 49.4 Å². The minimum absolute atomic E-state index is 0.000597. The number of thiophene rings is 2. The van der Waals surface area contributed by atoms with Gasteiger partial charge in [-0.1, -0.05) is 24.3 Å². The highest BCUT2D eigenvalue weighted by atomic mass is 32.1. The van der Waals surface area contributed by atoms with Crippen LogP contribution in [0.25, 0.3) is 20.7 Å². The Kier molecular flexibility index (Phi) is 5.00. The first kappa shape index (κ1) is 19.2. The highest BCUT2D eigenvalue weighted by Crippen LogP contribution is 2.35. The van der Waals surface area contributed by atoms with E-state index in [0.29, 0.717) is 10.2 Å². The summed E-state index contributed by atoms with van der Waals surface area (Å²) in [5.41, 5.74) is 3.22. The van der Waals surface area contributed by atoms with Gasteiger partial charge < -0.3 is 5.32 Å². The molecule has 0 spiro atoms. The molecule has 5 nitrogen and oxygen atoms in total. The minimum atomic E-state index is -0.165. The first-order chi connectivity index (χ1) is 14.6. The number of carbonyl (C=O) groups excluding carboxylic acids is 1. The molecule has 0 aliphatic heterocycles. The van der Waals surface area contributed by atoms with Crippen molar-refractivity contribution in [2.75, 3.05) is 0 Å². The molecule has 5 rings (SSSR count). The summed E-state index contributed by atoms with van der Waals surface area (Å²) in [6.07, 6.45) is 4.50. The molecular weight excluding hydrogens is 414 g/mol.